The van der Waals surface area contributed by atoms with E-state index < -0.39 is 0 Å². The zero-order chi connectivity index (χ0) is 10.7. The van der Waals surface area contributed by atoms with E-state index in [1.54, 1.807) is 18.3 Å². The molecule has 0 spiro atoms. The van der Waals surface area contributed by atoms with Crippen molar-refractivity contribution in [3.8, 4) is 12.3 Å². The largest absolute Gasteiger partial charge is 0.324 e. The van der Waals surface area contributed by atoms with Crippen molar-refractivity contribution in [2.24, 2.45) is 5.92 Å². The molecule has 1 aliphatic heterocycles. The van der Waals surface area contributed by atoms with Crippen LogP contribution in [0.2, 0.25) is 0 Å². The van der Waals surface area contributed by atoms with Crippen molar-refractivity contribution in [1.29, 1.82) is 0 Å². The molecule has 1 aromatic heterocycles. The van der Waals surface area contributed by atoms with Crippen molar-refractivity contribution in [2.45, 2.75) is 0 Å². The zero-order valence-electron chi connectivity index (χ0n) is 8.16. The van der Waals surface area contributed by atoms with Crippen LogP contribution in [0.1, 0.15) is 5.69 Å². The molecule has 0 saturated carbocycles. The van der Waals surface area contributed by atoms with Crippen molar-refractivity contribution < 1.29 is 4.79 Å². The Balaban J connectivity index is 1.98. The van der Waals surface area contributed by atoms with Gasteiger partial charge in [-0.05, 0) is 12.1 Å². The molecule has 0 radical (unpaired) electrons. The predicted octanol–water partition coefficient (Wildman–Crippen LogP) is 0.221. The highest BCUT2D eigenvalue weighted by Gasteiger charge is 2.24. The average Bonchev–Trinajstić information content (AvgIpc) is 2.16. The molecule has 1 saturated heterocycles. The second kappa shape index (κ2) is 4.11. The van der Waals surface area contributed by atoms with Crippen LogP contribution in [-0.2, 0) is 4.79 Å². The Hall–Kier alpha value is -1.86. The number of carbonyl (C=O) groups excluding carboxylic acids is 1. The third-order valence-electron chi connectivity index (χ3n) is 2.33. The number of nitrogens with zero attached hydrogens (tertiary/aromatic N) is 1. The highest BCUT2D eigenvalue weighted by molar-refractivity contribution is 5.93. The number of amides is 1. The molecule has 2 rings (SSSR count). The van der Waals surface area contributed by atoms with E-state index in [1.807, 2.05) is 0 Å². The van der Waals surface area contributed by atoms with Gasteiger partial charge in [-0.2, -0.15) is 0 Å². The summed E-state index contributed by atoms with van der Waals surface area (Å²) in [5.41, 5.74) is 1.25. The Morgan fingerprint density at radius 1 is 1.60 bits per heavy atom. The fourth-order valence-corrected chi connectivity index (χ4v) is 1.27. The van der Waals surface area contributed by atoms with E-state index in [1.165, 1.54) is 0 Å². The van der Waals surface area contributed by atoms with E-state index in [9.17, 15) is 4.79 Å². The molecule has 0 bridgehead atoms. The molecule has 0 aliphatic carbocycles. The van der Waals surface area contributed by atoms with Gasteiger partial charge < -0.3 is 10.6 Å². The summed E-state index contributed by atoms with van der Waals surface area (Å²) in [6, 6.07) is 3.46. The lowest BCUT2D eigenvalue weighted by Gasteiger charge is -2.25. The minimum Gasteiger partial charge on any atom is -0.324 e. The molecular weight excluding hydrogens is 190 g/mol. The summed E-state index contributed by atoms with van der Waals surface area (Å²) in [5, 5.41) is 5.83. The quantitative estimate of drug-likeness (QED) is 0.673. The van der Waals surface area contributed by atoms with Crippen LogP contribution >= 0.6 is 0 Å². The van der Waals surface area contributed by atoms with Gasteiger partial charge in [0.1, 0.15) is 5.69 Å². The summed E-state index contributed by atoms with van der Waals surface area (Å²) in [7, 11) is 0. The average molecular weight is 201 g/mol. The van der Waals surface area contributed by atoms with Crippen molar-refractivity contribution >= 4 is 11.6 Å². The standard InChI is InChI=1S/C11H11N3O/c1-2-9-3-4-10(7-13-9)14-11(15)8-5-12-6-8/h1,3-4,7-8,12H,5-6H2,(H,14,15). The number of pyridine rings is 1. The van der Waals surface area contributed by atoms with E-state index in [2.05, 4.69) is 21.5 Å². The number of carbonyl (C=O) groups is 1. The van der Waals surface area contributed by atoms with Crippen molar-refractivity contribution in [1.82, 2.24) is 10.3 Å². The van der Waals surface area contributed by atoms with E-state index >= 15 is 0 Å². The van der Waals surface area contributed by atoms with Crippen LogP contribution < -0.4 is 10.6 Å². The summed E-state index contributed by atoms with van der Waals surface area (Å²) in [5.74, 6) is 2.53. The van der Waals surface area contributed by atoms with Crippen LogP contribution in [0, 0.1) is 18.3 Å². The zero-order valence-corrected chi connectivity index (χ0v) is 8.16. The van der Waals surface area contributed by atoms with Gasteiger partial charge in [0, 0.05) is 13.1 Å². The molecule has 0 aromatic carbocycles. The van der Waals surface area contributed by atoms with Crippen molar-refractivity contribution in [3.05, 3.63) is 24.0 Å². The topological polar surface area (TPSA) is 54.0 Å². The number of rotatable bonds is 2. The lowest BCUT2D eigenvalue weighted by atomic mass is 10.0. The Kier molecular flexibility index (Phi) is 2.66. The first-order valence-electron chi connectivity index (χ1n) is 4.74. The molecule has 1 fully saturated rings. The van der Waals surface area contributed by atoms with Crippen LogP contribution in [0.15, 0.2) is 18.3 Å². The number of terminal acetylenes is 1. The molecule has 2 N–H and O–H groups in total. The maximum Gasteiger partial charge on any atom is 0.230 e. The number of hydrogen-bond donors (Lipinski definition) is 2. The first-order chi connectivity index (χ1) is 7.29. The summed E-state index contributed by atoms with van der Waals surface area (Å²) in [6.07, 6.45) is 6.74. The van der Waals surface area contributed by atoms with E-state index in [0.717, 1.165) is 13.1 Å². The summed E-state index contributed by atoms with van der Waals surface area (Å²) in [6.45, 7) is 1.50. The lowest BCUT2D eigenvalue weighted by molar-refractivity contribution is -0.121. The highest BCUT2D eigenvalue weighted by Crippen LogP contribution is 2.10. The molecule has 1 aliphatic rings. The fraction of sp³-hybridized carbons (Fsp3) is 0.273. The molecule has 1 aromatic rings. The van der Waals surface area contributed by atoms with Crippen LogP contribution in [0.5, 0.6) is 0 Å². The number of anilines is 1. The monoisotopic (exact) mass is 201 g/mol. The summed E-state index contributed by atoms with van der Waals surface area (Å²) in [4.78, 5) is 15.5. The first kappa shape index (κ1) is 9.69. The first-order valence-corrected chi connectivity index (χ1v) is 4.74. The van der Waals surface area contributed by atoms with Gasteiger partial charge in [0.05, 0.1) is 17.8 Å². The van der Waals surface area contributed by atoms with E-state index in [0.29, 0.717) is 11.4 Å². The Morgan fingerprint density at radius 3 is 2.87 bits per heavy atom. The maximum absolute atomic E-state index is 11.5. The lowest BCUT2D eigenvalue weighted by Crippen LogP contribution is -2.48. The van der Waals surface area contributed by atoms with Gasteiger partial charge in [-0.15, -0.1) is 6.42 Å². The van der Waals surface area contributed by atoms with Crippen LogP contribution in [-0.4, -0.2) is 24.0 Å². The number of nitrogens with one attached hydrogen (secondary N) is 2. The number of hydrogen-bond acceptors (Lipinski definition) is 3. The normalized spacial score (nSPS) is 15.1. The van der Waals surface area contributed by atoms with Crippen molar-refractivity contribution in [2.75, 3.05) is 18.4 Å². The molecule has 2 heterocycles. The number of aromatic nitrogens is 1. The van der Waals surface area contributed by atoms with E-state index in [-0.39, 0.29) is 11.8 Å². The summed E-state index contributed by atoms with van der Waals surface area (Å²) >= 11 is 0. The van der Waals surface area contributed by atoms with Gasteiger partial charge >= 0.3 is 0 Å². The van der Waals surface area contributed by atoms with Gasteiger partial charge in [-0.1, -0.05) is 5.92 Å². The van der Waals surface area contributed by atoms with E-state index in [4.69, 9.17) is 6.42 Å². The second-order valence-corrected chi connectivity index (χ2v) is 3.42. The van der Waals surface area contributed by atoms with Crippen LogP contribution in [0.4, 0.5) is 5.69 Å². The SMILES string of the molecule is C#Cc1ccc(NC(=O)C2CNC2)cn1. The molecular formula is C11H11N3O. The molecule has 15 heavy (non-hydrogen) atoms. The van der Waals surface area contributed by atoms with Crippen LogP contribution in [0.3, 0.4) is 0 Å². The fourth-order valence-electron chi connectivity index (χ4n) is 1.27. The van der Waals surface area contributed by atoms with Crippen molar-refractivity contribution in [3.63, 3.8) is 0 Å². The smallest absolute Gasteiger partial charge is 0.230 e. The third kappa shape index (κ3) is 2.14. The molecule has 0 unspecified atom stereocenters. The minimum atomic E-state index is 0.0315. The Morgan fingerprint density at radius 2 is 2.40 bits per heavy atom. The molecule has 4 heteroatoms. The molecule has 4 nitrogen and oxygen atoms in total. The maximum atomic E-state index is 11.5. The van der Waals surface area contributed by atoms with Crippen LogP contribution in [0.25, 0.3) is 0 Å². The Labute approximate surface area is 88.1 Å². The van der Waals surface area contributed by atoms with Gasteiger partial charge in [0.15, 0.2) is 0 Å². The highest BCUT2D eigenvalue weighted by atomic mass is 16.2. The molecule has 0 atom stereocenters. The van der Waals surface area contributed by atoms with Gasteiger partial charge in [-0.3, -0.25) is 4.79 Å². The molecule has 1 amide bonds. The van der Waals surface area contributed by atoms with Gasteiger partial charge in [0.2, 0.25) is 5.91 Å². The Bertz CT molecular complexity index is 401. The third-order valence-corrected chi connectivity index (χ3v) is 2.33. The molecule has 76 valence electrons. The van der Waals surface area contributed by atoms with Gasteiger partial charge in [-0.25, -0.2) is 4.98 Å². The summed E-state index contributed by atoms with van der Waals surface area (Å²) < 4.78 is 0. The predicted molar refractivity (Wildman–Crippen MR) is 57.2 cm³/mol. The second-order valence-electron chi connectivity index (χ2n) is 3.42. The van der Waals surface area contributed by atoms with Gasteiger partial charge in [0.25, 0.3) is 0 Å². The minimum absolute atomic E-state index is 0.0315.